The summed E-state index contributed by atoms with van der Waals surface area (Å²) < 4.78 is 0. The maximum atomic E-state index is 11.2. The molecule has 1 heterocycles. The highest BCUT2D eigenvalue weighted by Gasteiger charge is 2.14. The van der Waals surface area contributed by atoms with Gasteiger partial charge in [0.1, 0.15) is 5.82 Å². The summed E-state index contributed by atoms with van der Waals surface area (Å²) in [4.78, 5) is 16.9. The lowest BCUT2D eigenvalue weighted by Gasteiger charge is -2.18. The van der Waals surface area contributed by atoms with Crippen molar-refractivity contribution in [1.29, 1.82) is 0 Å². The van der Waals surface area contributed by atoms with Crippen molar-refractivity contribution in [2.45, 2.75) is 19.8 Å². The lowest BCUT2D eigenvalue weighted by molar-refractivity contribution is 0.201. The summed E-state index contributed by atoms with van der Waals surface area (Å²) in [5.74, 6) is 0.495. The van der Waals surface area contributed by atoms with Crippen LogP contribution < -0.4 is 4.90 Å². The number of rotatable bonds is 4. The molecular formula is C14H16N2O2. The van der Waals surface area contributed by atoms with Crippen LogP contribution in [0.2, 0.25) is 0 Å². The normalized spacial score (nSPS) is 10.5. The second kappa shape index (κ2) is 5.49. The molecule has 0 fully saturated rings. The number of carbonyl (C=O) groups is 1. The van der Waals surface area contributed by atoms with Gasteiger partial charge in [0.25, 0.3) is 0 Å². The molecule has 0 saturated carbocycles. The maximum Gasteiger partial charge on any atom is 0.413 e. The third-order valence-corrected chi connectivity index (χ3v) is 2.83. The number of para-hydroxylation sites is 1. The number of carboxylic acid groups (broad SMARTS) is 1. The summed E-state index contributed by atoms with van der Waals surface area (Å²) in [5, 5.41) is 10.2. The van der Waals surface area contributed by atoms with E-state index in [1.165, 1.54) is 4.90 Å². The first kappa shape index (κ1) is 12.4. The average molecular weight is 244 g/mol. The second-order valence-corrected chi connectivity index (χ2v) is 4.15. The van der Waals surface area contributed by atoms with E-state index in [-0.39, 0.29) is 0 Å². The highest BCUT2D eigenvalue weighted by molar-refractivity contribution is 5.87. The number of pyridine rings is 1. The van der Waals surface area contributed by atoms with Crippen molar-refractivity contribution >= 4 is 22.8 Å². The molecule has 1 amide bonds. The van der Waals surface area contributed by atoms with E-state index in [4.69, 9.17) is 0 Å². The standard InChI is InChI=1S/C14H16N2O2/c1-2-3-10-16(14(17)18)13-9-8-11-6-4-5-7-12(11)15-13/h4-9H,2-3,10H2,1H3,(H,17,18). The van der Waals surface area contributed by atoms with Gasteiger partial charge in [0, 0.05) is 11.9 Å². The summed E-state index contributed by atoms with van der Waals surface area (Å²) in [6, 6.07) is 11.3. The van der Waals surface area contributed by atoms with E-state index in [0.717, 1.165) is 23.7 Å². The van der Waals surface area contributed by atoms with Crippen LogP contribution in [0, 0.1) is 0 Å². The van der Waals surface area contributed by atoms with Crippen LogP contribution in [0.1, 0.15) is 19.8 Å². The number of unbranched alkanes of at least 4 members (excludes halogenated alkanes) is 1. The fourth-order valence-corrected chi connectivity index (χ4v) is 1.83. The predicted molar refractivity (Wildman–Crippen MR) is 72.0 cm³/mol. The number of nitrogens with zero attached hydrogens (tertiary/aromatic N) is 2. The highest BCUT2D eigenvalue weighted by atomic mass is 16.4. The van der Waals surface area contributed by atoms with Crippen molar-refractivity contribution < 1.29 is 9.90 Å². The van der Waals surface area contributed by atoms with Crippen LogP contribution in [0.3, 0.4) is 0 Å². The van der Waals surface area contributed by atoms with Crippen LogP contribution >= 0.6 is 0 Å². The van der Waals surface area contributed by atoms with E-state index in [0.29, 0.717) is 12.4 Å². The van der Waals surface area contributed by atoms with Crippen molar-refractivity contribution in [3.8, 4) is 0 Å². The molecule has 2 aromatic rings. The van der Waals surface area contributed by atoms with Crippen molar-refractivity contribution in [3.05, 3.63) is 36.4 Å². The van der Waals surface area contributed by atoms with Gasteiger partial charge in [-0.25, -0.2) is 9.78 Å². The molecule has 0 aliphatic carbocycles. The molecule has 1 aromatic heterocycles. The van der Waals surface area contributed by atoms with E-state index < -0.39 is 6.09 Å². The van der Waals surface area contributed by atoms with Crippen LogP contribution in [-0.4, -0.2) is 22.7 Å². The minimum absolute atomic E-state index is 0.483. The summed E-state index contributed by atoms with van der Waals surface area (Å²) in [6.45, 7) is 2.52. The van der Waals surface area contributed by atoms with Gasteiger partial charge in [-0.3, -0.25) is 4.90 Å². The Morgan fingerprint density at radius 3 is 2.78 bits per heavy atom. The minimum atomic E-state index is -0.953. The monoisotopic (exact) mass is 244 g/mol. The first-order valence-electron chi connectivity index (χ1n) is 6.08. The predicted octanol–water partition coefficient (Wildman–Crippen LogP) is 3.52. The summed E-state index contributed by atoms with van der Waals surface area (Å²) in [7, 11) is 0. The highest BCUT2D eigenvalue weighted by Crippen LogP contribution is 2.18. The number of fused-ring (bicyclic) bond motifs is 1. The van der Waals surface area contributed by atoms with Crippen LogP contribution in [0.15, 0.2) is 36.4 Å². The van der Waals surface area contributed by atoms with Crippen LogP contribution in [0.4, 0.5) is 10.6 Å². The fraction of sp³-hybridized carbons (Fsp3) is 0.286. The first-order valence-corrected chi connectivity index (χ1v) is 6.08. The molecule has 18 heavy (non-hydrogen) atoms. The number of amides is 1. The third-order valence-electron chi connectivity index (χ3n) is 2.83. The molecule has 0 bridgehead atoms. The Balaban J connectivity index is 2.35. The van der Waals surface area contributed by atoms with Gasteiger partial charge in [0.2, 0.25) is 0 Å². The molecule has 2 rings (SSSR count). The number of hydrogen-bond donors (Lipinski definition) is 1. The molecule has 94 valence electrons. The van der Waals surface area contributed by atoms with E-state index >= 15 is 0 Å². The van der Waals surface area contributed by atoms with E-state index in [2.05, 4.69) is 4.98 Å². The molecule has 0 aliphatic rings. The summed E-state index contributed by atoms with van der Waals surface area (Å²) >= 11 is 0. The summed E-state index contributed by atoms with van der Waals surface area (Å²) in [5.41, 5.74) is 0.817. The van der Waals surface area contributed by atoms with Crippen molar-refractivity contribution in [2.24, 2.45) is 0 Å². The van der Waals surface area contributed by atoms with Crippen molar-refractivity contribution in [2.75, 3.05) is 11.4 Å². The molecule has 4 nitrogen and oxygen atoms in total. The van der Waals surface area contributed by atoms with Gasteiger partial charge in [-0.05, 0) is 24.6 Å². The zero-order valence-electron chi connectivity index (χ0n) is 10.3. The SMILES string of the molecule is CCCCN(C(=O)O)c1ccc2ccccc2n1. The molecule has 0 unspecified atom stereocenters. The van der Waals surface area contributed by atoms with Gasteiger partial charge in [0.05, 0.1) is 5.52 Å². The van der Waals surface area contributed by atoms with Crippen LogP contribution in [-0.2, 0) is 0 Å². The molecule has 1 N–H and O–H groups in total. The largest absolute Gasteiger partial charge is 0.465 e. The first-order chi connectivity index (χ1) is 8.72. The Labute approximate surface area is 106 Å². The van der Waals surface area contributed by atoms with E-state index in [1.54, 1.807) is 6.07 Å². The quantitative estimate of drug-likeness (QED) is 0.895. The van der Waals surface area contributed by atoms with Crippen LogP contribution in [0.5, 0.6) is 0 Å². The molecule has 1 aromatic carbocycles. The van der Waals surface area contributed by atoms with Gasteiger partial charge >= 0.3 is 6.09 Å². The average Bonchev–Trinajstić information content (AvgIpc) is 2.38. The van der Waals surface area contributed by atoms with E-state index in [9.17, 15) is 9.90 Å². The molecule has 0 atom stereocenters. The lowest BCUT2D eigenvalue weighted by atomic mass is 10.2. The molecule has 0 aliphatic heterocycles. The number of anilines is 1. The molecule has 0 saturated heterocycles. The molecule has 4 heteroatoms. The molecule has 0 spiro atoms. The molecule has 0 radical (unpaired) electrons. The Hall–Kier alpha value is -2.10. The van der Waals surface area contributed by atoms with E-state index in [1.807, 2.05) is 37.3 Å². The zero-order valence-corrected chi connectivity index (χ0v) is 10.3. The Bertz CT molecular complexity index is 554. The number of benzene rings is 1. The Kier molecular flexibility index (Phi) is 3.77. The third kappa shape index (κ3) is 2.59. The number of aromatic nitrogens is 1. The van der Waals surface area contributed by atoms with Gasteiger partial charge < -0.3 is 5.11 Å². The summed E-state index contributed by atoms with van der Waals surface area (Å²) in [6.07, 6.45) is 0.837. The van der Waals surface area contributed by atoms with Crippen molar-refractivity contribution in [3.63, 3.8) is 0 Å². The second-order valence-electron chi connectivity index (χ2n) is 4.15. The topological polar surface area (TPSA) is 53.4 Å². The zero-order chi connectivity index (χ0) is 13.0. The van der Waals surface area contributed by atoms with Gasteiger partial charge in [-0.1, -0.05) is 31.5 Å². The fourth-order valence-electron chi connectivity index (χ4n) is 1.83. The minimum Gasteiger partial charge on any atom is -0.465 e. The van der Waals surface area contributed by atoms with Gasteiger partial charge in [-0.15, -0.1) is 0 Å². The Morgan fingerprint density at radius 2 is 2.06 bits per heavy atom. The Morgan fingerprint density at radius 1 is 1.28 bits per heavy atom. The van der Waals surface area contributed by atoms with Gasteiger partial charge in [0.15, 0.2) is 0 Å². The number of hydrogen-bond acceptors (Lipinski definition) is 2. The lowest BCUT2D eigenvalue weighted by Crippen LogP contribution is -2.30. The van der Waals surface area contributed by atoms with Crippen molar-refractivity contribution in [1.82, 2.24) is 4.98 Å². The van der Waals surface area contributed by atoms with Gasteiger partial charge in [-0.2, -0.15) is 0 Å². The maximum absolute atomic E-state index is 11.2. The smallest absolute Gasteiger partial charge is 0.413 e. The van der Waals surface area contributed by atoms with Crippen LogP contribution in [0.25, 0.3) is 10.9 Å². The molecular weight excluding hydrogens is 228 g/mol.